The molecule has 14 heavy (non-hydrogen) atoms. The maximum atomic E-state index is 11.4. The van der Waals surface area contributed by atoms with Crippen molar-refractivity contribution in [1.82, 2.24) is 4.90 Å². The van der Waals surface area contributed by atoms with Gasteiger partial charge in [0, 0.05) is 0 Å². The second-order valence-electron chi connectivity index (χ2n) is 3.59. The van der Waals surface area contributed by atoms with Gasteiger partial charge < -0.3 is 5.73 Å². The van der Waals surface area contributed by atoms with Crippen LogP contribution in [-0.2, 0) is 0 Å². The Hall–Kier alpha value is -1.50. The molecular formula is C10H15N3O. The molecule has 0 aromatic rings. The molecule has 0 saturated heterocycles. The zero-order chi connectivity index (χ0) is 10.8. The second-order valence-corrected chi connectivity index (χ2v) is 3.59. The molecule has 4 heteroatoms. The fourth-order valence-corrected chi connectivity index (χ4v) is 1.72. The number of urea groups is 1. The van der Waals surface area contributed by atoms with Crippen molar-refractivity contribution < 1.29 is 4.79 Å². The first-order chi connectivity index (χ1) is 6.56. The van der Waals surface area contributed by atoms with Crippen LogP contribution in [0, 0.1) is 12.3 Å². The third-order valence-electron chi connectivity index (χ3n) is 2.58. The number of nitrogens with two attached hydrogens (primary N) is 1. The van der Waals surface area contributed by atoms with Crippen LogP contribution in [0.4, 0.5) is 4.79 Å². The third kappa shape index (κ3) is 1.46. The number of amidine groups is 1. The monoisotopic (exact) mass is 193 g/mol. The van der Waals surface area contributed by atoms with E-state index >= 15 is 0 Å². The number of hydrogen-bond donors (Lipinski definition) is 1. The maximum absolute atomic E-state index is 11.4. The van der Waals surface area contributed by atoms with E-state index in [-0.39, 0.29) is 12.6 Å². The zero-order valence-electron chi connectivity index (χ0n) is 8.58. The van der Waals surface area contributed by atoms with Crippen LogP contribution in [0.15, 0.2) is 4.99 Å². The predicted molar refractivity (Wildman–Crippen MR) is 55.9 cm³/mol. The molecule has 1 aliphatic rings. The molecule has 2 N–H and O–H groups in total. The van der Waals surface area contributed by atoms with E-state index in [2.05, 4.69) is 10.9 Å². The number of carbonyl (C=O) groups excluding carboxylic acids is 1. The van der Waals surface area contributed by atoms with Crippen molar-refractivity contribution in [2.75, 3.05) is 6.54 Å². The first-order valence-corrected chi connectivity index (χ1v) is 4.66. The Balaban J connectivity index is 2.95. The van der Waals surface area contributed by atoms with E-state index in [1.807, 2.05) is 13.8 Å². The lowest BCUT2D eigenvalue weighted by atomic mass is 9.94. The highest BCUT2D eigenvalue weighted by Crippen LogP contribution is 2.27. The van der Waals surface area contributed by atoms with Crippen LogP contribution in [0.1, 0.15) is 26.7 Å². The standard InChI is InChI=1S/C10H15N3O/c1-4-6-10(3)8(11)12-9(14)13(10)7-5-2/h2H,4,6-7H2,1,3H3,(H2,11,12,14). The van der Waals surface area contributed by atoms with Gasteiger partial charge >= 0.3 is 6.03 Å². The summed E-state index contributed by atoms with van der Waals surface area (Å²) in [4.78, 5) is 16.7. The summed E-state index contributed by atoms with van der Waals surface area (Å²) in [5.74, 6) is 2.83. The van der Waals surface area contributed by atoms with Crippen molar-refractivity contribution in [2.45, 2.75) is 32.2 Å². The van der Waals surface area contributed by atoms with Crippen molar-refractivity contribution in [3.63, 3.8) is 0 Å². The lowest BCUT2D eigenvalue weighted by Gasteiger charge is -2.33. The summed E-state index contributed by atoms with van der Waals surface area (Å²) in [7, 11) is 0. The number of carbonyl (C=O) groups is 1. The van der Waals surface area contributed by atoms with E-state index in [9.17, 15) is 4.79 Å². The molecule has 0 bridgehead atoms. The van der Waals surface area contributed by atoms with Crippen molar-refractivity contribution >= 4 is 11.9 Å². The molecular weight excluding hydrogens is 178 g/mol. The summed E-state index contributed by atoms with van der Waals surface area (Å²) >= 11 is 0. The fraction of sp³-hybridized carbons (Fsp3) is 0.600. The molecule has 1 aliphatic heterocycles. The Morgan fingerprint density at radius 1 is 1.71 bits per heavy atom. The van der Waals surface area contributed by atoms with E-state index in [1.54, 1.807) is 4.90 Å². The molecule has 1 heterocycles. The normalized spacial score (nSPS) is 26.2. The zero-order valence-corrected chi connectivity index (χ0v) is 8.58. The average molecular weight is 193 g/mol. The minimum Gasteiger partial charge on any atom is -0.385 e. The van der Waals surface area contributed by atoms with Crippen LogP contribution >= 0.6 is 0 Å². The first kappa shape index (κ1) is 10.6. The number of amides is 2. The topological polar surface area (TPSA) is 58.7 Å². The van der Waals surface area contributed by atoms with Crippen molar-refractivity contribution in [3.05, 3.63) is 0 Å². The van der Waals surface area contributed by atoms with Gasteiger partial charge in [0.25, 0.3) is 0 Å². The molecule has 0 saturated carbocycles. The summed E-state index contributed by atoms with van der Waals surface area (Å²) in [5.41, 5.74) is 5.24. The van der Waals surface area contributed by atoms with Crippen LogP contribution in [0.3, 0.4) is 0 Å². The van der Waals surface area contributed by atoms with Gasteiger partial charge in [0.15, 0.2) is 0 Å². The van der Waals surface area contributed by atoms with E-state index < -0.39 is 5.54 Å². The smallest absolute Gasteiger partial charge is 0.346 e. The SMILES string of the molecule is C#CCN1C(=O)N=C(N)C1(C)CCC. The van der Waals surface area contributed by atoms with E-state index in [0.29, 0.717) is 5.84 Å². The Morgan fingerprint density at radius 3 is 2.86 bits per heavy atom. The van der Waals surface area contributed by atoms with Gasteiger partial charge in [-0.05, 0) is 13.3 Å². The molecule has 0 fully saturated rings. The highest BCUT2D eigenvalue weighted by atomic mass is 16.2. The second kappa shape index (κ2) is 3.70. The summed E-state index contributed by atoms with van der Waals surface area (Å²) in [6, 6.07) is -0.323. The molecule has 0 aromatic carbocycles. The molecule has 0 aliphatic carbocycles. The number of aliphatic imine (C=N–C) groups is 1. The Kier molecular flexibility index (Phi) is 2.80. The minimum atomic E-state index is -0.488. The predicted octanol–water partition coefficient (Wildman–Crippen LogP) is 0.971. The van der Waals surface area contributed by atoms with Crippen molar-refractivity contribution in [1.29, 1.82) is 0 Å². The summed E-state index contributed by atoms with van der Waals surface area (Å²) < 4.78 is 0. The first-order valence-electron chi connectivity index (χ1n) is 4.66. The largest absolute Gasteiger partial charge is 0.385 e. The van der Waals surface area contributed by atoms with E-state index in [1.165, 1.54) is 0 Å². The number of hydrogen-bond acceptors (Lipinski definition) is 2. The van der Waals surface area contributed by atoms with Gasteiger partial charge in [0.2, 0.25) is 0 Å². The molecule has 2 amide bonds. The van der Waals surface area contributed by atoms with E-state index in [4.69, 9.17) is 12.2 Å². The maximum Gasteiger partial charge on any atom is 0.346 e. The highest BCUT2D eigenvalue weighted by Gasteiger charge is 2.43. The van der Waals surface area contributed by atoms with Crippen LogP contribution in [0.5, 0.6) is 0 Å². The minimum absolute atomic E-state index is 0.263. The van der Waals surface area contributed by atoms with Crippen molar-refractivity contribution in [2.24, 2.45) is 10.7 Å². The molecule has 1 rings (SSSR count). The van der Waals surface area contributed by atoms with Crippen molar-refractivity contribution in [3.8, 4) is 12.3 Å². The van der Waals surface area contributed by atoms with Gasteiger partial charge in [-0.25, -0.2) is 4.79 Å². The molecule has 1 unspecified atom stereocenters. The lowest BCUT2D eigenvalue weighted by Crippen LogP contribution is -2.51. The van der Waals surface area contributed by atoms with E-state index in [0.717, 1.165) is 12.8 Å². The van der Waals surface area contributed by atoms with Gasteiger partial charge in [-0.2, -0.15) is 4.99 Å². The Labute approximate surface area is 84.2 Å². The summed E-state index contributed by atoms with van der Waals surface area (Å²) in [5, 5.41) is 0. The van der Waals surface area contributed by atoms with Gasteiger partial charge in [0.05, 0.1) is 6.54 Å². The summed E-state index contributed by atoms with van der Waals surface area (Å²) in [6.45, 7) is 4.20. The average Bonchev–Trinajstić information content (AvgIpc) is 2.31. The molecule has 0 aromatic heterocycles. The fourth-order valence-electron chi connectivity index (χ4n) is 1.72. The van der Waals surface area contributed by atoms with Crippen LogP contribution in [0.2, 0.25) is 0 Å². The third-order valence-corrected chi connectivity index (χ3v) is 2.58. The van der Waals surface area contributed by atoms with Gasteiger partial charge in [-0.15, -0.1) is 6.42 Å². The molecule has 4 nitrogen and oxygen atoms in total. The molecule has 76 valence electrons. The van der Waals surface area contributed by atoms with Gasteiger partial charge in [-0.1, -0.05) is 19.3 Å². The molecule has 1 atom stereocenters. The quantitative estimate of drug-likeness (QED) is 0.679. The Bertz CT molecular complexity index is 316. The lowest BCUT2D eigenvalue weighted by molar-refractivity contribution is 0.184. The van der Waals surface area contributed by atoms with Gasteiger partial charge in [0.1, 0.15) is 11.4 Å². The number of nitrogens with zero attached hydrogens (tertiary/aromatic N) is 2. The molecule has 0 radical (unpaired) electrons. The molecule has 0 spiro atoms. The van der Waals surface area contributed by atoms with Crippen LogP contribution < -0.4 is 5.73 Å². The van der Waals surface area contributed by atoms with Crippen LogP contribution in [-0.4, -0.2) is 28.9 Å². The van der Waals surface area contributed by atoms with Gasteiger partial charge in [-0.3, -0.25) is 4.90 Å². The number of terminal acetylenes is 1. The highest BCUT2D eigenvalue weighted by molar-refractivity contribution is 6.05. The number of rotatable bonds is 3. The summed E-state index contributed by atoms with van der Waals surface area (Å²) in [6.07, 6.45) is 6.92. The van der Waals surface area contributed by atoms with Crippen LogP contribution in [0.25, 0.3) is 0 Å². The Morgan fingerprint density at radius 2 is 2.36 bits per heavy atom.